The van der Waals surface area contributed by atoms with E-state index in [9.17, 15) is 0 Å². The predicted octanol–water partition coefficient (Wildman–Crippen LogP) is 3.63. The Balaban J connectivity index is 0.00000289. The van der Waals surface area contributed by atoms with Crippen LogP contribution in [0.3, 0.4) is 0 Å². The molecule has 0 spiro atoms. The van der Waals surface area contributed by atoms with Crippen LogP contribution in [0.2, 0.25) is 0 Å². The van der Waals surface area contributed by atoms with Crippen molar-refractivity contribution in [2.45, 2.75) is 24.8 Å². The van der Waals surface area contributed by atoms with Gasteiger partial charge in [-0.25, -0.2) is 0 Å². The number of hydrogen-bond donors (Lipinski definition) is 2. The molecule has 1 fully saturated rings. The number of guanidine groups is 1. The van der Waals surface area contributed by atoms with Gasteiger partial charge >= 0.3 is 0 Å². The average molecular weight is 552 g/mol. The fraction of sp³-hybridized carbons (Fsp3) is 0.458. The maximum absolute atomic E-state index is 5.78. The van der Waals surface area contributed by atoms with Crippen LogP contribution < -0.4 is 29.7 Å². The lowest BCUT2D eigenvalue weighted by atomic mass is 9.93. The number of para-hydroxylation sites is 1. The van der Waals surface area contributed by atoms with Gasteiger partial charge in [-0.05, 0) is 24.5 Å². The molecule has 8 heteroatoms. The Morgan fingerprint density at radius 1 is 1.12 bits per heavy atom. The normalized spacial score (nSPS) is 20.0. The highest BCUT2D eigenvalue weighted by atomic mass is 127. The molecule has 2 aromatic carbocycles. The lowest BCUT2D eigenvalue weighted by Crippen LogP contribution is -2.46. The summed E-state index contributed by atoms with van der Waals surface area (Å²) in [5.74, 6) is 3.88. The van der Waals surface area contributed by atoms with Crippen LogP contribution in [0.15, 0.2) is 47.5 Å². The van der Waals surface area contributed by atoms with E-state index in [0.717, 1.165) is 68.0 Å². The molecule has 174 valence electrons. The number of aliphatic imine (C=N–C) groups is 1. The molecule has 0 radical (unpaired) electrons. The Kier molecular flexibility index (Phi) is 8.72. The average Bonchev–Trinajstić information content (AvgIpc) is 3.30. The monoisotopic (exact) mass is 552 g/mol. The molecular weight excluding hydrogens is 519 g/mol. The van der Waals surface area contributed by atoms with Crippen LogP contribution in [0.25, 0.3) is 0 Å². The maximum Gasteiger partial charge on any atom is 0.191 e. The Morgan fingerprint density at radius 2 is 1.88 bits per heavy atom. The molecule has 2 unspecified atom stereocenters. The van der Waals surface area contributed by atoms with Crippen molar-refractivity contribution in [3.8, 4) is 17.2 Å². The third kappa shape index (κ3) is 5.70. The van der Waals surface area contributed by atoms with Crippen molar-refractivity contribution in [1.82, 2.24) is 10.6 Å². The molecule has 0 amide bonds. The molecule has 0 saturated carbocycles. The minimum Gasteiger partial charge on any atom is -0.497 e. The van der Waals surface area contributed by atoms with Gasteiger partial charge in [0.05, 0.1) is 20.8 Å². The standard InChI is InChI=1S/C24H32N4O3.HI/c1-25-24(26-15-17-9-11-31-23-7-5-4-6-22(17)23)27-18-8-10-28(16-18)19-12-20(29-2)14-21(13-19)30-3;/h4-7,12-14,17-18H,8-11,15-16H2,1-3H3,(H2,25,26,27);1H. The Bertz CT molecular complexity index is 902. The van der Waals surface area contributed by atoms with E-state index in [-0.39, 0.29) is 24.0 Å². The van der Waals surface area contributed by atoms with Gasteiger partial charge in [0.1, 0.15) is 17.2 Å². The zero-order valence-corrected chi connectivity index (χ0v) is 21.3. The lowest BCUT2D eigenvalue weighted by molar-refractivity contribution is 0.267. The predicted molar refractivity (Wildman–Crippen MR) is 139 cm³/mol. The molecule has 32 heavy (non-hydrogen) atoms. The summed E-state index contributed by atoms with van der Waals surface area (Å²) in [6, 6.07) is 14.7. The molecule has 2 heterocycles. The minimum absolute atomic E-state index is 0. The summed E-state index contributed by atoms with van der Waals surface area (Å²) in [7, 11) is 5.19. The molecular formula is C24H33IN4O3. The largest absolute Gasteiger partial charge is 0.497 e. The topological polar surface area (TPSA) is 67.4 Å². The first-order valence-corrected chi connectivity index (χ1v) is 10.9. The summed E-state index contributed by atoms with van der Waals surface area (Å²) in [5.41, 5.74) is 2.39. The highest BCUT2D eigenvalue weighted by Gasteiger charge is 2.25. The summed E-state index contributed by atoms with van der Waals surface area (Å²) in [6.45, 7) is 3.47. The number of methoxy groups -OCH3 is 2. The van der Waals surface area contributed by atoms with E-state index in [4.69, 9.17) is 14.2 Å². The van der Waals surface area contributed by atoms with Gasteiger partial charge in [-0.1, -0.05) is 18.2 Å². The van der Waals surface area contributed by atoms with Crippen LogP contribution >= 0.6 is 24.0 Å². The number of rotatable bonds is 6. The second-order valence-corrected chi connectivity index (χ2v) is 7.97. The second-order valence-electron chi connectivity index (χ2n) is 7.97. The Hall–Kier alpha value is -2.36. The van der Waals surface area contributed by atoms with E-state index in [2.05, 4.69) is 50.9 Å². The quantitative estimate of drug-likeness (QED) is 0.324. The van der Waals surface area contributed by atoms with Crippen molar-refractivity contribution < 1.29 is 14.2 Å². The number of nitrogens with one attached hydrogen (secondary N) is 2. The lowest BCUT2D eigenvalue weighted by Gasteiger charge is -2.27. The molecule has 0 aliphatic carbocycles. The van der Waals surface area contributed by atoms with Gasteiger partial charge in [0.2, 0.25) is 0 Å². The molecule has 7 nitrogen and oxygen atoms in total. The van der Waals surface area contributed by atoms with E-state index in [1.807, 2.05) is 19.2 Å². The van der Waals surface area contributed by atoms with Crippen LogP contribution in [-0.2, 0) is 0 Å². The molecule has 2 N–H and O–H groups in total. The molecule has 0 aromatic heterocycles. The maximum atomic E-state index is 5.78. The molecule has 2 aliphatic heterocycles. The third-order valence-corrected chi connectivity index (χ3v) is 6.05. The first-order valence-electron chi connectivity index (χ1n) is 10.9. The number of nitrogens with zero attached hydrogens (tertiary/aromatic N) is 2. The van der Waals surface area contributed by atoms with Crippen LogP contribution in [0.4, 0.5) is 5.69 Å². The second kappa shape index (κ2) is 11.5. The number of hydrogen-bond acceptors (Lipinski definition) is 5. The molecule has 1 saturated heterocycles. The van der Waals surface area contributed by atoms with Gasteiger partial charge in [0, 0.05) is 62.5 Å². The molecule has 2 atom stereocenters. The van der Waals surface area contributed by atoms with Crippen molar-refractivity contribution in [2.24, 2.45) is 4.99 Å². The van der Waals surface area contributed by atoms with Crippen molar-refractivity contribution >= 4 is 35.6 Å². The van der Waals surface area contributed by atoms with E-state index in [0.29, 0.717) is 12.0 Å². The number of benzene rings is 2. The van der Waals surface area contributed by atoms with Gasteiger partial charge in [0.25, 0.3) is 0 Å². The van der Waals surface area contributed by atoms with Gasteiger partial charge < -0.3 is 29.7 Å². The highest BCUT2D eigenvalue weighted by Crippen LogP contribution is 2.33. The fourth-order valence-corrected chi connectivity index (χ4v) is 4.32. The van der Waals surface area contributed by atoms with Crippen LogP contribution in [0, 0.1) is 0 Å². The Labute approximate surface area is 207 Å². The number of fused-ring (bicyclic) bond motifs is 1. The Morgan fingerprint density at radius 3 is 2.59 bits per heavy atom. The summed E-state index contributed by atoms with van der Waals surface area (Å²) < 4.78 is 16.6. The van der Waals surface area contributed by atoms with Gasteiger partial charge in [0.15, 0.2) is 5.96 Å². The molecule has 0 bridgehead atoms. The fourth-order valence-electron chi connectivity index (χ4n) is 4.32. The zero-order valence-electron chi connectivity index (χ0n) is 19.0. The van der Waals surface area contributed by atoms with Gasteiger partial charge in [-0.15, -0.1) is 24.0 Å². The van der Waals surface area contributed by atoms with Crippen molar-refractivity contribution in [2.75, 3.05) is 52.4 Å². The van der Waals surface area contributed by atoms with Gasteiger partial charge in [-0.3, -0.25) is 4.99 Å². The van der Waals surface area contributed by atoms with Gasteiger partial charge in [-0.2, -0.15) is 0 Å². The first-order chi connectivity index (χ1) is 15.2. The number of anilines is 1. The van der Waals surface area contributed by atoms with Crippen molar-refractivity contribution in [1.29, 1.82) is 0 Å². The SMILES string of the molecule is CN=C(NCC1CCOc2ccccc21)NC1CCN(c2cc(OC)cc(OC)c2)C1.I. The van der Waals surface area contributed by atoms with E-state index in [1.165, 1.54) is 5.56 Å². The molecule has 2 aromatic rings. The smallest absolute Gasteiger partial charge is 0.191 e. The molecule has 2 aliphatic rings. The summed E-state index contributed by atoms with van der Waals surface area (Å²) >= 11 is 0. The van der Waals surface area contributed by atoms with E-state index >= 15 is 0 Å². The molecule has 4 rings (SSSR count). The highest BCUT2D eigenvalue weighted by molar-refractivity contribution is 14.0. The first kappa shape index (κ1) is 24.3. The third-order valence-electron chi connectivity index (χ3n) is 6.05. The number of ether oxygens (including phenoxy) is 3. The van der Waals surface area contributed by atoms with E-state index < -0.39 is 0 Å². The van der Waals surface area contributed by atoms with Crippen LogP contribution in [0.5, 0.6) is 17.2 Å². The summed E-state index contributed by atoms with van der Waals surface area (Å²) in [6.07, 6.45) is 2.05. The van der Waals surface area contributed by atoms with E-state index in [1.54, 1.807) is 14.2 Å². The number of halogens is 1. The van der Waals surface area contributed by atoms with Crippen molar-refractivity contribution in [3.63, 3.8) is 0 Å². The summed E-state index contributed by atoms with van der Waals surface area (Å²) in [4.78, 5) is 6.80. The van der Waals surface area contributed by atoms with Crippen molar-refractivity contribution in [3.05, 3.63) is 48.0 Å². The van der Waals surface area contributed by atoms with Crippen LogP contribution in [0.1, 0.15) is 24.3 Å². The van der Waals surface area contributed by atoms with Crippen LogP contribution in [-0.4, -0.2) is 59.5 Å². The minimum atomic E-state index is 0. The summed E-state index contributed by atoms with van der Waals surface area (Å²) in [5, 5.41) is 7.11. The zero-order chi connectivity index (χ0) is 21.6.